The normalized spacial score (nSPS) is 22.1. The Morgan fingerprint density at radius 2 is 2.17 bits per heavy atom. The predicted molar refractivity (Wildman–Crippen MR) is 66.8 cm³/mol. The fraction of sp³-hybridized carbons (Fsp3) is 0.667. The summed E-state index contributed by atoms with van der Waals surface area (Å²) in [5.74, 6) is 4.82. The van der Waals surface area contributed by atoms with Gasteiger partial charge in [0.05, 0.1) is 12.1 Å². The van der Waals surface area contributed by atoms with Crippen molar-refractivity contribution in [1.82, 2.24) is 15.5 Å². The maximum absolute atomic E-state index is 11.6. The smallest absolute Gasteiger partial charge is 0.315 e. The van der Waals surface area contributed by atoms with Crippen LogP contribution in [0.1, 0.15) is 13.8 Å². The molecule has 6 nitrogen and oxygen atoms in total. The monoisotopic (exact) mass is 253 g/mol. The number of carbonyl (C=O) groups excluding carboxylic acids is 2. The van der Waals surface area contributed by atoms with Crippen LogP contribution in [0.3, 0.4) is 0 Å². The zero-order chi connectivity index (χ0) is 13.5. The Labute approximate surface area is 107 Å². The largest absolute Gasteiger partial charge is 0.377 e. The van der Waals surface area contributed by atoms with Crippen molar-refractivity contribution in [2.75, 3.05) is 26.7 Å². The third-order valence-electron chi connectivity index (χ3n) is 2.74. The highest BCUT2D eigenvalue weighted by Gasteiger charge is 2.35. The van der Waals surface area contributed by atoms with E-state index in [1.807, 2.05) is 6.92 Å². The molecule has 0 unspecified atom stereocenters. The number of carbonyl (C=O) groups is 2. The van der Waals surface area contributed by atoms with E-state index >= 15 is 0 Å². The van der Waals surface area contributed by atoms with Crippen LogP contribution in [0.5, 0.6) is 0 Å². The predicted octanol–water partition coefficient (Wildman–Crippen LogP) is -0.445. The first-order valence-corrected chi connectivity index (χ1v) is 5.91. The third-order valence-corrected chi connectivity index (χ3v) is 2.74. The van der Waals surface area contributed by atoms with Crippen LogP contribution < -0.4 is 10.6 Å². The minimum absolute atomic E-state index is 0.199. The molecule has 0 aromatic heterocycles. The first kappa shape index (κ1) is 14.3. The van der Waals surface area contributed by atoms with Gasteiger partial charge in [0.2, 0.25) is 0 Å². The highest BCUT2D eigenvalue weighted by atomic mass is 16.5. The van der Waals surface area contributed by atoms with E-state index in [1.165, 1.54) is 0 Å². The molecule has 0 spiro atoms. The summed E-state index contributed by atoms with van der Waals surface area (Å²) in [4.78, 5) is 24.7. The van der Waals surface area contributed by atoms with Gasteiger partial charge < -0.3 is 20.3 Å². The van der Waals surface area contributed by atoms with Crippen LogP contribution in [-0.2, 0) is 9.53 Å². The van der Waals surface area contributed by atoms with Gasteiger partial charge in [-0.15, -0.1) is 0 Å². The summed E-state index contributed by atoms with van der Waals surface area (Å²) >= 11 is 0. The second-order valence-electron chi connectivity index (χ2n) is 3.97. The van der Waals surface area contributed by atoms with Gasteiger partial charge in [-0.1, -0.05) is 5.92 Å². The molecular formula is C12H19N3O3. The van der Waals surface area contributed by atoms with Crippen molar-refractivity contribution in [2.45, 2.75) is 26.0 Å². The number of methoxy groups -OCH3 is 1. The van der Waals surface area contributed by atoms with Crippen LogP contribution >= 0.6 is 0 Å². The molecule has 6 heteroatoms. The van der Waals surface area contributed by atoms with Gasteiger partial charge in [0.15, 0.2) is 0 Å². The van der Waals surface area contributed by atoms with Crippen molar-refractivity contribution < 1.29 is 14.3 Å². The standard InChI is InChI=1S/C12H19N3O3/c1-4-6-11(16)15-7-9(10(8-15)18-3)14-12(17)13-5-2/h9-10H,5,7-8H2,1-3H3,(H2,13,14,17)/t9-,10-/m1/s1. The summed E-state index contributed by atoms with van der Waals surface area (Å²) in [5.41, 5.74) is 0. The molecule has 0 aliphatic carbocycles. The lowest BCUT2D eigenvalue weighted by atomic mass is 10.2. The molecule has 1 aliphatic heterocycles. The van der Waals surface area contributed by atoms with Gasteiger partial charge in [-0.05, 0) is 19.8 Å². The third kappa shape index (κ3) is 3.64. The minimum atomic E-state index is -0.250. The van der Waals surface area contributed by atoms with Crippen LogP contribution in [0.4, 0.5) is 4.79 Å². The average Bonchev–Trinajstić information content (AvgIpc) is 2.72. The Morgan fingerprint density at radius 1 is 1.44 bits per heavy atom. The molecular weight excluding hydrogens is 234 g/mol. The lowest BCUT2D eigenvalue weighted by Crippen LogP contribution is -2.48. The number of rotatable bonds is 3. The van der Waals surface area contributed by atoms with E-state index in [-0.39, 0.29) is 24.1 Å². The first-order valence-electron chi connectivity index (χ1n) is 5.91. The van der Waals surface area contributed by atoms with Crippen LogP contribution in [-0.4, -0.2) is 55.7 Å². The number of likely N-dealkylation sites (tertiary alicyclic amines) is 1. The molecule has 1 saturated heterocycles. The van der Waals surface area contributed by atoms with Crippen molar-refractivity contribution in [3.05, 3.63) is 0 Å². The molecule has 100 valence electrons. The molecule has 0 bridgehead atoms. The number of nitrogens with zero attached hydrogens (tertiary/aromatic N) is 1. The average molecular weight is 253 g/mol. The minimum Gasteiger partial charge on any atom is -0.377 e. The van der Waals surface area contributed by atoms with Crippen molar-refractivity contribution in [1.29, 1.82) is 0 Å². The Kier molecular flexibility index (Phi) is 5.46. The van der Waals surface area contributed by atoms with Crippen LogP contribution in [0, 0.1) is 11.8 Å². The van der Waals surface area contributed by atoms with Gasteiger partial charge in [-0.25, -0.2) is 4.79 Å². The van der Waals surface area contributed by atoms with Gasteiger partial charge in [-0.3, -0.25) is 4.79 Å². The van der Waals surface area contributed by atoms with Gasteiger partial charge in [-0.2, -0.15) is 0 Å². The van der Waals surface area contributed by atoms with Gasteiger partial charge in [0.25, 0.3) is 5.91 Å². The zero-order valence-corrected chi connectivity index (χ0v) is 10.9. The molecule has 0 saturated carbocycles. The van der Waals surface area contributed by atoms with E-state index in [4.69, 9.17) is 4.74 Å². The fourth-order valence-electron chi connectivity index (χ4n) is 1.88. The molecule has 0 radical (unpaired) electrons. The summed E-state index contributed by atoms with van der Waals surface area (Å²) in [7, 11) is 1.57. The maximum atomic E-state index is 11.6. The van der Waals surface area contributed by atoms with Crippen LogP contribution in [0.15, 0.2) is 0 Å². The molecule has 1 aliphatic rings. The van der Waals surface area contributed by atoms with Crippen LogP contribution in [0.25, 0.3) is 0 Å². The summed E-state index contributed by atoms with van der Waals surface area (Å²) in [6.07, 6.45) is -0.199. The fourth-order valence-corrected chi connectivity index (χ4v) is 1.88. The second kappa shape index (κ2) is 6.87. The van der Waals surface area contributed by atoms with Crippen molar-refractivity contribution >= 4 is 11.9 Å². The SMILES string of the molecule is CC#CC(=O)N1C[C@@H](NC(=O)NCC)[C@H](OC)C1. The topological polar surface area (TPSA) is 70.7 Å². The molecule has 1 heterocycles. The summed E-state index contributed by atoms with van der Waals surface area (Å²) in [6, 6.07) is -0.454. The van der Waals surface area contributed by atoms with Gasteiger partial charge in [0.1, 0.15) is 0 Å². The number of hydrogen-bond acceptors (Lipinski definition) is 3. The van der Waals surface area contributed by atoms with E-state index in [0.29, 0.717) is 19.6 Å². The molecule has 0 aromatic rings. The molecule has 3 amide bonds. The Bertz CT molecular complexity index is 372. The quantitative estimate of drug-likeness (QED) is 0.670. The number of ether oxygens (including phenoxy) is 1. The Morgan fingerprint density at radius 3 is 2.72 bits per heavy atom. The number of hydrogen-bond donors (Lipinski definition) is 2. The lowest BCUT2D eigenvalue weighted by molar-refractivity contribution is -0.124. The van der Waals surface area contributed by atoms with Crippen molar-refractivity contribution in [3.8, 4) is 11.8 Å². The molecule has 2 N–H and O–H groups in total. The lowest BCUT2D eigenvalue weighted by Gasteiger charge is -2.18. The van der Waals surface area contributed by atoms with Gasteiger partial charge in [0, 0.05) is 26.7 Å². The Hall–Kier alpha value is -1.74. The number of nitrogens with one attached hydrogen (secondary N) is 2. The maximum Gasteiger partial charge on any atom is 0.315 e. The van der Waals surface area contributed by atoms with E-state index in [1.54, 1.807) is 18.9 Å². The van der Waals surface area contributed by atoms with E-state index in [9.17, 15) is 9.59 Å². The second-order valence-corrected chi connectivity index (χ2v) is 3.97. The zero-order valence-electron chi connectivity index (χ0n) is 10.9. The van der Waals surface area contributed by atoms with E-state index in [0.717, 1.165) is 0 Å². The highest BCUT2D eigenvalue weighted by molar-refractivity contribution is 5.93. The molecule has 1 rings (SSSR count). The molecule has 18 heavy (non-hydrogen) atoms. The summed E-state index contributed by atoms with van der Waals surface area (Å²) in [6.45, 7) is 4.88. The molecule has 0 aromatic carbocycles. The van der Waals surface area contributed by atoms with Crippen molar-refractivity contribution in [3.63, 3.8) is 0 Å². The molecule has 1 fully saturated rings. The number of urea groups is 1. The summed E-state index contributed by atoms with van der Waals surface area (Å²) < 4.78 is 5.28. The van der Waals surface area contributed by atoms with E-state index in [2.05, 4.69) is 22.5 Å². The Balaban J connectivity index is 2.59. The number of amides is 3. The first-order chi connectivity index (χ1) is 8.62. The van der Waals surface area contributed by atoms with Crippen LogP contribution in [0.2, 0.25) is 0 Å². The highest BCUT2D eigenvalue weighted by Crippen LogP contribution is 2.13. The molecule has 2 atom stereocenters. The van der Waals surface area contributed by atoms with Crippen molar-refractivity contribution in [2.24, 2.45) is 0 Å². The summed E-state index contributed by atoms with van der Waals surface area (Å²) in [5, 5.41) is 5.44. The van der Waals surface area contributed by atoms with E-state index < -0.39 is 0 Å². The van der Waals surface area contributed by atoms with Gasteiger partial charge >= 0.3 is 6.03 Å².